The Kier molecular flexibility index (Phi) is 5.49. The van der Waals surface area contributed by atoms with Gasteiger partial charge in [-0.15, -0.1) is 0 Å². The second-order valence-corrected chi connectivity index (χ2v) is 4.67. The third kappa shape index (κ3) is 4.05. The Morgan fingerprint density at radius 3 is 2.50 bits per heavy atom. The lowest BCUT2D eigenvalue weighted by Gasteiger charge is -2.16. The topological polar surface area (TPSA) is 61.5 Å². The number of nitrogens with two attached hydrogens (primary N) is 1. The Bertz CT molecular complexity index is 618. The van der Waals surface area contributed by atoms with Crippen LogP contribution in [0.2, 0.25) is 0 Å². The fraction of sp³-hybridized carbons (Fsp3) is 0.235. The highest BCUT2D eigenvalue weighted by molar-refractivity contribution is 5.75. The van der Waals surface area contributed by atoms with Gasteiger partial charge in [-0.05, 0) is 36.8 Å². The van der Waals surface area contributed by atoms with E-state index < -0.39 is 18.2 Å². The first-order valence-corrected chi connectivity index (χ1v) is 7.01. The van der Waals surface area contributed by atoms with E-state index in [0.29, 0.717) is 17.1 Å². The number of alkyl halides is 1. The standard InChI is InChI=1S/C17H18FNO3/c1-2-21-17(20)15(18)16(19)12-7-6-10-14(11-12)22-13-8-4-3-5-9-13/h3-11,15-16H,2,19H2,1H3/t15?,16-/m0/s1. The van der Waals surface area contributed by atoms with Gasteiger partial charge in [0.05, 0.1) is 12.6 Å². The van der Waals surface area contributed by atoms with Crippen molar-refractivity contribution in [3.8, 4) is 11.5 Å². The fourth-order valence-corrected chi connectivity index (χ4v) is 1.95. The molecule has 2 aromatic carbocycles. The van der Waals surface area contributed by atoms with Crippen LogP contribution in [0.3, 0.4) is 0 Å². The van der Waals surface area contributed by atoms with Gasteiger partial charge in [-0.3, -0.25) is 0 Å². The van der Waals surface area contributed by atoms with Crippen LogP contribution in [-0.4, -0.2) is 18.7 Å². The zero-order chi connectivity index (χ0) is 15.9. The lowest BCUT2D eigenvalue weighted by atomic mass is 10.0. The van der Waals surface area contributed by atoms with Crippen molar-refractivity contribution < 1.29 is 18.7 Å². The van der Waals surface area contributed by atoms with Crippen LogP contribution in [0.1, 0.15) is 18.5 Å². The molecule has 0 aliphatic heterocycles. The molecule has 2 atom stereocenters. The zero-order valence-electron chi connectivity index (χ0n) is 12.2. The van der Waals surface area contributed by atoms with Crippen molar-refractivity contribution in [2.45, 2.75) is 19.1 Å². The fourth-order valence-electron chi connectivity index (χ4n) is 1.95. The van der Waals surface area contributed by atoms with Gasteiger partial charge in [-0.2, -0.15) is 0 Å². The number of rotatable bonds is 6. The minimum atomic E-state index is -1.91. The molecule has 22 heavy (non-hydrogen) atoms. The average Bonchev–Trinajstić information content (AvgIpc) is 2.55. The lowest BCUT2D eigenvalue weighted by molar-refractivity contribution is -0.149. The van der Waals surface area contributed by atoms with Gasteiger partial charge in [0.2, 0.25) is 6.17 Å². The van der Waals surface area contributed by atoms with E-state index >= 15 is 0 Å². The summed E-state index contributed by atoms with van der Waals surface area (Å²) in [5.74, 6) is 0.231. The molecule has 0 heterocycles. The first-order chi connectivity index (χ1) is 10.6. The van der Waals surface area contributed by atoms with Crippen LogP contribution in [0.4, 0.5) is 4.39 Å². The van der Waals surface area contributed by atoms with Gasteiger partial charge in [0, 0.05) is 0 Å². The van der Waals surface area contributed by atoms with Crippen molar-refractivity contribution in [3.05, 3.63) is 60.2 Å². The first kappa shape index (κ1) is 16.0. The van der Waals surface area contributed by atoms with Crippen molar-refractivity contribution in [2.24, 2.45) is 5.73 Å². The van der Waals surface area contributed by atoms with E-state index in [1.54, 1.807) is 31.2 Å². The van der Waals surface area contributed by atoms with E-state index in [1.807, 2.05) is 30.3 Å². The average molecular weight is 303 g/mol. The molecule has 4 nitrogen and oxygen atoms in total. The van der Waals surface area contributed by atoms with Gasteiger partial charge >= 0.3 is 5.97 Å². The highest BCUT2D eigenvalue weighted by Crippen LogP contribution is 2.26. The maximum absolute atomic E-state index is 14.0. The monoisotopic (exact) mass is 303 g/mol. The Balaban J connectivity index is 2.12. The third-order valence-electron chi connectivity index (χ3n) is 3.05. The van der Waals surface area contributed by atoms with E-state index in [-0.39, 0.29) is 6.61 Å². The normalized spacial score (nSPS) is 13.2. The largest absolute Gasteiger partial charge is 0.464 e. The molecule has 0 spiro atoms. The molecular weight excluding hydrogens is 285 g/mol. The van der Waals surface area contributed by atoms with Gasteiger partial charge in [0.25, 0.3) is 0 Å². The molecule has 0 saturated heterocycles. The van der Waals surface area contributed by atoms with Gasteiger partial charge in [-0.1, -0.05) is 30.3 Å². The summed E-state index contributed by atoms with van der Waals surface area (Å²) in [6.07, 6.45) is -1.91. The molecule has 0 amide bonds. The number of halogens is 1. The summed E-state index contributed by atoms with van der Waals surface area (Å²) in [5, 5.41) is 0. The van der Waals surface area contributed by atoms with Gasteiger partial charge in [0.1, 0.15) is 11.5 Å². The number of hydrogen-bond acceptors (Lipinski definition) is 4. The molecule has 0 radical (unpaired) electrons. The molecule has 2 rings (SSSR count). The molecule has 0 aliphatic rings. The van der Waals surface area contributed by atoms with Crippen LogP contribution in [0.15, 0.2) is 54.6 Å². The SMILES string of the molecule is CCOC(=O)C(F)[C@@H](N)c1cccc(Oc2ccccc2)c1. The summed E-state index contributed by atoms with van der Waals surface area (Å²) in [6.45, 7) is 1.73. The number of esters is 1. The van der Waals surface area contributed by atoms with Crippen molar-refractivity contribution in [2.75, 3.05) is 6.61 Å². The van der Waals surface area contributed by atoms with Gasteiger partial charge in [-0.25, -0.2) is 9.18 Å². The van der Waals surface area contributed by atoms with E-state index in [0.717, 1.165) is 0 Å². The predicted octanol–water partition coefficient (Wildman–Crippen LogP) is 3.38. The van der Waals surface area contributed by atoms with Gasteiger partial charge in [0.15, 0.2) is 0 Å². The zero-order valence-corrected chi connectivity index (χ0v) is 12.2. The number of para-hydroxylation sites is 1. The Hall–Kier alpha value is -2.40. The van der Waals surface area contributed by atoms with Gasteiger partial charge < -0.3 is 15.2 Å². The number of carbonyl (C=O) groups is 1. The van der Waals surface area contributed by atoms with Crippen LogP contribution in [0.5, 0.6) is 11.5 Å². The van der Waals surface area contributed by atoms with Crippen molar-refractivity contribution >= 4 is 5.97 Å². The Morgan fingerprint density at radius 1 is 1.14 bits per heavy atom. The number of benzene rings is 2. The predicted molar refractivity (Wildman–Crippen MR) is 81.4 cm³/mol. The molecule has 1 unspecified atom stereocenters. The quantitative estimate of drug-likeness (QED) is 0.831. The maximum atomic E-state index is 14.0. The van der Waals surface area contributed by atoms with Crippen LogP contribution >= 0.6 is 0 Å². The van der Waals surface area contributed by atoms with E-state index in [1.165, 1.54) is 0 Å². The van der Waals surface area contributed by atoms with E-state index in [2.05, 4.69) is 4.74 Å². The summed E-state index contributed by atoms with van der Waals surface area (Å²) >= 11 is 0. The van der Waals surface area contributed by atoms with Crippen LogP contribution in [-0.2, 0) is 9.53 Å². The molecule has 2 aromatic rings. The summed E-state index contributed by atoms with van der Waals surface area (Å²) < 4.78 is 24.3. The maximum Gasteiger partial charge on any atom is 0.342 e. The molecule has 0 bridgehead atoms. The molecular formula is C17H18FNO3. The molecule has 0 fully saturated rings. The molecule has 0 saturated carbocycles. The minimum absolute atomic E-state index is 0.114. The summed E-state index contributed by atoms with van der Waals surface area (Å²) in [4.78, 5) is 11.4. The minimum Gasteiger partial charge on any atom is -0.464 e. The lowest BCUT2D eigenvalue weighted by Crippen LogP contribution is -2.31. The second-order valence-electron chi connectivity index (χ2n) is 4.67. The van der Waals surface area contributed by atoms with Crippen LogP contribution in [0.25, 0.3) is 0 Å². The molecule has 0 aliphatic carbocycles. The van der Waals surface area contributed by atoms with Crippen molar-refractivity contribution in [3.63, 3.8) is 0 Å². The number of carbonyl (C=O) groups excluding carboxylic acids is 1. The van der Waals surface area contributed by atoms with Crippen LogP contribution < -0.4 is 10.5 Å². The van der Waals surface area contributed by atoms with Crippen molar-refractivity contribution in [1.29, 1.82) is 0 Å². The number of hydrogen-bond donors (Lipinski definition) is 1. The molecule has 2 N–H and O–H groups in total. The first-order valence-electron chi connectivity index (χ1n) is 7.01. The van der Waals surface area contributed by atoms with Crippen molar-refractivity contribution in [1.82, 2.24) is 0 Å². The summed E-state index contributed by atoms with van der Waals surface area (Å²) in [5.41, 5.74) is 6.27. The number of ether oxygens (including phenoxy) is 2. The highest BCUT2D eigenvalue weighted by Gasteiger charge is 2.27. The third-order valence-corrected chi connectivity index (χ3v) is 3.05. The molecule has 5 heteroatoms. The molecule has 116 valence electrons. The Labute approximate surface area is 128 Å². The summed E-state index contributed by atoms with van der Waals surface area (Å²) in [6, 6.07) is 14.8. The second kappa shape index (κ2) is 7.56. The summed E-state index contributed by atoms with van der Waals surface area (Å²) in [7, 11) is 0. The Morgan fingerprint density at radius 2 is 1.82 bits per heavy atom. The smallest absolute Gasteiger partial charge is 0.342 e. The van der Waals surface area contributed by atoms with Crippen LogP contribution in [0, 0.1) is 0 Å². The highest BCUT2D eigenvalue weighted by atomic mass is 19.1. The van der Waals surface area contributed by atoms with E-state index in [4.69, 9.17) is 10.5 Å². The molecule has 0 aromatic heterocycles. The van der Waals surface area contributed by atoms with E-state index in [9.17, 15) is 9.18 Å².